The van der Waals surface area contributed by atoms with Crippen LogP contribution in [0.4, 0.5) is 0 Å². The molecule has 0 fully saturated rings. The van der Waals surface area contributed by atoms with Crippen molar-refractivity contribution in [1.82, 2.24) is 19.6 Å². The summed E-state index contributed by atoms with van der Waals surface area (Å²) in [6, 6.07) is 10.3. The van der Waals surface area contributed by atoms with Crippen molar-refractivity contribution in [2.75, 3.05) is 0 Å². The highest BCUT2D eigenvalue weighted by Crippen LogP contribution is 2.34. The zero-order valence-corrected chi connectivity index (χ0v) is 10.5. The minimum atomic E-state index is -0.280. The van der Waals surface area contributed by atoms with Crippen LogP contribution in [0.25, 0.3) is 26.2 Å². The van der Waals surface area contributed by atoms with Gasteiger partial charge in [0.15, 0.2) is 5.65 Å². The molecular formula is C13H8N4OS. The first kappa shape index (κ1) is 10.5. The topological polar surface area (TPSA) is 63.0 Å². The van der Waals surface area contributed by atoms with E-state index >= 15 is 0 Å². The maximum Gasteiger partial charge on any atom is 0.349 e. The van der Waals surface area contributed by atoms with Gasteiger partial charge in [0.25, 0.3) is 0 Å². The summed E-state index contributed by atoms with van der Waals surface area (Å²) in [6.45, 7) is 0. The number of aromatic nitrogens is 4. The van der Waals surface area contributed by atoms with Gasteiger partial charge in [-0.15, -0.1) is 11.3 Å². The van der Waals surface area contributed by atoms with E-state index in [1.807, 2.05) is 12.1 Å². The quantitative estimate of drug-likeness (QED) is 0.576. The molecule has 0 bridgehead atoms. The summed E-state index contributed by atoms with van der Waals surface area (Å²) in [5.74, 6) is 0. The van der Waals surface area contributed by atoms with Gasteiger partial charge in [-0.1, -0.05) is 18.2 Å². The average molecular weight is 268 g/mol. The summed E-state index contributed by atoms with van der Waals surface area (Å²) in [5, 5.41) is 5.27. The van der Waals surface area contributed by atoms with E-state index in [2.05, 4.69) is 33.3 Å². The highest BCUT2D eigenvalue weighted by atomic mass is 32.1. The predicted octanol–water partition coefficient (Wildman–Crippen LogP) is 2.30. The normalized spacial score (nSPS) is 11.4. The fourth-order valence-electron chi connectivity index (χ4n) is 2.11. The summed E-state index contributed by atoms with van der Waals surface area (Å²) in [7, 11) is 0. The Morgan fingerprint density at radius 1 is 1.26 bits per heavy atom. The SMILES string of the molecule is O=c1[nH]cnc2c(-c3cc4ccccc4s3)cnn12. The number of H-pyrrole nitrogens is 1. The highest BCUT2D eigenvalue weighted by molar-refractivity contribution is 7.22. The van der Waals surface area contributed by atoms with Crippen LogP contribution in [0.5, 0.6) is 0 Å². The average Bonchev–Trinajstić information content (AvgIpc) is 3.02. The number of rotatable bonds is 1. The van der Waals surface area contributed by atoms with Crippen molar-refractivity contribution in [2.24, 2.45) is 0 Å². The van der Waals surface area contributed by atoms with Crippen molar-refractivity contribution in [3.05, 3.63) is 53.3 Å². The molecule has 1 aromatic carbocycles. The van der Waals surface area contributed by atoms with Gasteiger partial charge in [0.05, 0.1) is 18.1 Å². The van der Waals surface area contributed by atoms with E-state index in [4.69, 9.17) is 0 Å². The lowest BCUT2D eigenvalue weighted by atomic mass is 10.2. The first-order valence-corrected chi connectivity index (χ1v) is 6.55. The summed E-state index contributed by atoms with van der Waals surface area (Å²) in [5.41, 5.74) is 1.18. The number of benzene rings is 1. The summed E-state index contributed by atoms with van der Waals surface area (Å²) >= 11 is 1.67. The lowest BCUT2D eigenvalue weighted by Crippen LogP contribution is -2.17. The van der Waals surface area contributed by atoms with Gasteiger partial charge in [0.1, 0.15) is 0 Å². The molecular weight excluding hydrogens is 260 g/mol. The van der Waals surface area contributed by atoms with Crippen LogP contribution < -0.4 is 5.69 Å². The molecule has 4 aromatic rings. The van der Waals surface area contributed by atoms with Gasteiger partial charge < -0.3 is 0 Å². The number of hydrogen-bond donors (Lipinski definition) is 1. The molecule has 0 aliphatic heterocycles. The van der Waals surface area contributed by atoms with Crippen LogP contribution in [0.2, 0.25) is 0 Å². The minimum absolute atomic E-state index is 0.280. The predicted molar refractivity (Wildman–Crippen MR) is 74.4 cm³/mol. The van der Waals surface area contributed by atoms with Crippen LogP contribution in [0.1, 0.15) is 0 Å². The molecule has 0 saturated carbocycles. The lowest BCUT2D eigenvalue weighted by molar-refractivity contribution is 0.840. The van der Waals surface area contributed by atoms with E-state index in [-0.39, 0.29) is 5.69 Å². The number of nitrogens with zero attached hydrogens (tertiary/aromatic N) is 3. The van der Waals surface area contributed by atoms with Crippen LogP contribution >= 0.6 is 11.3 Å². The standard InChI is InChI=1S/C13H8N4OS/c18-13-15-7-14-12-9(6-16-17(12)13)11-5-8-3-1-2-4-10(8)19-11/h1-7H,(H,14,15,18). The molecule has 0 aliphatic carbocycles. The summed E-state index contributed by atoms with van der Waals surface area (Å²) in [4.78, 5) is 19.4. The fraction of sp³-hybridized carbons (Fsp3) is 0. The second kappa shape index (κ2) is 3.76. The van der Waals surface area contributed by atoms with Gasteiger partial charge in [-0.05, 0) is 17.5 Å². The van der Waals surface area contributed by atoms with E-state index in [0.717, 1.165) is 10.4 Å². The number of hydrogen-bond acceptors (Lipinski definition) is 4. The molecule has 4 rings (SSSR count). The van der Waals surface area contributed by atoms with Crippen molar-refractivity contribution in [1.29, 1.82) is 0 Å². The van der Waals surface area contributed by atoms with Gasteiger partial charge >= 0.3 is 5.69 Å². The van der Waals surface area contributed by atoms with Crippen LogP contribution in [0.3, 0.4) is 0 Å². The van der Waals surface area contributed by atoms with E-state index < -0.39 is 0 Å². The van der Waals surface area contributed by atoms with Gasteiger partial charge in [0.2, 0.25) is 0 Å². The molecule has 0 radical (unpaired) electrons. The molecule has 0 aliphatic rings. The smallest absolute Gasteiger partial charge is 0.296 e. The molecule has 0 spiro atoms. The van der Waals surface area contributed by atoms with Crippen molar-refractivity contribution >= 4 is 27.1 Å². The second-order valence-corrected chi connectivity index (χ2v) is 5.23. The highest BCUT2D eigenvalue weighted by Gasteiger charge is 2.12. The Morgan fingerprint density at radius 3 is 3.05 bits per heavy atom. The number of aromatic amines is 1. The molecule has 3 aromatic heterocycles. The Morgan fingerprint density at radius 2 is 2.16 bits per heavy atom. The van der Waals surface area contributed by atoms with E-state index in [9.17, 15) is 4.79 Å². The van der Waals surface area contributed by atoms with Gasteiger partial charge in [-0.3, -0.25) is 4.98 Å². The zero-order valence-electron chi connectivity index (χ0n) is 9.70. The Kier molecular flexibility index (Phi) is 2.07. The molecule has 5 nitrogen and oxygen atoms in total. The largest absolute Gasteiger partial charge is 0.349 e. The lowest BCUT2D eigenvalue weighted by Gasteiger charge is -1.92. The van der Waals surface area contributed by atoms with Crippen molar-refractivity contribution < 1.29 is 0 Å². The molecule has 0 atom stereocenters. The zero-order chi connectivity index (χ0) is 12.8. The van der Waals surface area contributed by atoms with Gasteiger partial charge in [-0.25, -0.2) is 9.78 Å². The first-order valence-electron chi connectivity index (χ1n) is 5.73. The molecule has 3 heterocycles. The molecule has 0 saturated heterocycles. The third-order valence-electron chi connectivity index (χ3n) is 3.00. The molecule has 19 heavy (non-hydrogen) atoms. The van der Waals surface area contributed by atoms with Crippen molar-refractivity contribution in [3.63, 3.8) is 0 Å². The monoisotopic (exact) mass is 268 g/mol. The van der Waals surface area contributed by atoms with Crippen molar-refractivity contribution in [3.8, 4) is 10.4 Å². The molecule has 1 N–H and O–H groups in total. The van der Waals surface area contributed by atoms with Crippen LogP contribution in [-0.2, 0) is 0 Å². The second-order valence-electron chi connectivity index (χ2n) is 4.15. The van der Waals surface area contributed by atoms with Crippen LogP contribution in [-0.4, -0.2) is 19.6 Å². The number of fused-ring (bicyclic) bond motifs is 2. The molecule has 6 heteroatoms. The Labute approximate surface area is 111 Å². The third-order valence-corrected chi connectivity index (χ3v) is 4.15. The molecule has 92 valence electrons. The maximum absolute atomic E-state index is 11.6. The third kappa shape index (κ3) is 1.50. The van der Waals surface area contributed by atoms with Crippen molar-refractivity contribution in [2.45, 2.75) is 0 Å². The first-order chi connectivity index (χ1) is 9.33. The Balaban J connectivity index is 2.04. The fourth-order valence-corrected chi connectivity index (χ4v) is 3.18. The van der Waals surface area contributed by atoms with E-state index in [0.29, 0.717) is 5.65 Å². The van der Waals surface area contributed by atoms with Crippen LogP contribution in [0.15, 0.2) is 47.7 Å². The summed E-state index contributed by atoms with van der Waals surface area (Å²) < 4.78 is 2.49. The van der Waals surface area contributed by atoms with Gasteiger partial charge in [0, 0.05) is 9.58 Å². The Bertz CT molecular complexity index is 917. The number of nitrogens with one attached hydrogen (secondary N) is 1. The summed E-state index contributed by atoms with van der Waals surface area (Å²) in [6.07, 6.45) is 3.08. The molecule has 0 amide bonds. The van der Waals surface area contributed by atoms with Crippen LogP contribution in [0, 0.1) is 0 Å². The van der Waals surface area contributed by atoms with E-state index in [1.54, 1.807) is 17.5 Å². The van der Waals surface area contributed by atoms with Gasteiger partial charge in [-0.2, -0.15) is 9.61 Å². The number of thiophene rings is 1. The minimum Gasteiger partial charge on any atom is -0.296 e. The maximum atomic E-state index is 11.6. The Hall–Kier alpha value is -2.47. The van der Waals surface area contributed by atoms with E-state index in [1.165, 1.54) is 20.9 Å². The molecule has 0 unspecified atom stereocenters.